The highest BCUT2D eigenvalue weighted by atomic mass is 32.2. The van der Waals surface area contributed by atoms with Crippen LogP contribution in [-0.2, 0) is 16.4 Å². The molecule has 0 radical (unpaired) electrons. The molecular formula is C29H30N6O3S. The summed E-state index contributed by atoms with van der Waals surface area (Å²) >= 11 is 0. The highest BCUT2D eigenvalue weighted by molar-refractivity contribution is 7.89. The van der Waals surface area contributed by atoms with Crippen LogP contribution in [0, 0.1) is 0 Å². The monoisotopic (exact) mass is 542 g/mol. The third-order valence-electron chi connectivity index (χ3n) is 6.35. The van der Waals surface area contributed by atoms with Crippen LogP contribution in [-0.4, -0.2) is 67.2 Å². The molecule has 200 valence electrons. The fraction of sp³-hybridized carbons (Fsp3) is 0.207. The van der Waals surface area contributed by atoms with E-state index in [4.69, 9.17) is 14.8 Å². The highest BCUT2D eigenvalue weighted by Crippen LogP contribution is 2.36. The Morgan fingerprint density at radius 2 is 1.74 bits per heavy atom. The van der Waals surface area contributed by atoms with E-state index in [9.17, 15) is 8.42 Å². The van der Waals surface area contributed by atoms with Crippen molar-refractivity contribution >= 4 is 15.7 Å². The summed E-state index contributed by atoms with van der Waals surface area (Å²) in [6, 6.07) is 20.6. The lowest BCUT2D eigenvalue weighted by atomic mass is 10.0. The average Bonchev–Trinajstić information content (AvgIpc) is 3.34. The van der Waals surface area contributed by atoms with Gasteiger partial charge < -0.3 is 9.64 Å². The zero-order valence-electron chi connectivity index (χ0n) is 22.1. The summed E-state index contributed by atoms with van der Waals surface area (Å²) in [5, 5.41) is 4.99. The lowest BCUT2D eigenvalue weighted by Gasteiger charge is -2.12. The number of sulfonamides is 1. The maximum absolute atomic E-state index is 12.9. The average molecular weight is 543 g/mol. The van der Waals surface area contributed by atoms with Crippen molar-refractivity contribution in [1.29, 1.82) is 0 Å². The molecule has 0 atom stereocenters. The van der Waals surface area contributed by atoms with Gasteiger partial charge in [0.1, 0.15) is 11.4 Å². The van der Waals surface area contributed by atoms with Crippen molar-refractivity contribution in [3.8, 4) is 28.1 Å². The van der Waals surface area contributed by atoms with Gasteiger partial charge in [-0.25, -0.2) is 22.6 Å². The number of hydrogen-bond donors (Lipinski definition) is 1. The van der Waals surface area contributed by atoms with Gasteiger partial charge in [0.2, 0.25) is 10.0 Å². The number of nitrogens with one attached hydrogen (secondary N) is 1. The number of likely N-dealkylation sites (N-methyl/N-ethyl adjacent to an activating group) is 1. The molecular weight excluding hydrogens is 512 g/mol. The number of benzene rings is 2. The van der Waals surface area contributed by atoms with Crippen molar-refractivity contribution in [2.75, 3.05) is 34.3 Å². The van der Waals surface area contributed by atoms with Crippen LogP contribution in [0.5, 0.6) is 5.75 Å². The van der Waals surface area contributed by atoms with Crippen LogP contribution < -0.4 is 9.46 Å². The molecule has 5 rings (SSSR count). The fourth-order valence-electron chi connectivity index (χ4n) is 4.40. The van der Waals surface area contributed by atoms with Crippen molar-refractivity contribution in [2.24, 2.45) is 0 Å². The molecule has 9 nitrogen and oxygen atoms in total. The van der Waals surface area contributed by atoms with Gasteiger partial charge in [-0.05, 0) is 67.7 Å². The first-order valence-corrected chi connectivity index (χ1v) is 14.0. The number of nitrogens with zero attached hydrogens (tertiary/aromatic N) is 5. The van der Waals surface area contributed by atoms with Gasteiger partial charge in [-0.3, -0.25) is 4.98 Å². The second-order valence-electron chi connectivity index (χ2n) is 9.39. The predicted molar refractivity (Wildman–Crippen MR) is 151 cm³/mol. The number of aromatic nitrogens is 4. The minimum atomic E-state index is -3.62. The van der Waals surface area contributed by atoms with E-state index < -0.39 is 10.0 Å². The molecule has 0 aliphatic carbocycles. The SMILES string of the molecule is COc1cccc(-c2c(-c3ccncc3)nn3c(Cc4cccc(S(=O)(=O)NCCN(C)C)c4)ccnc23)c1. The van der Waals surface area contributed by atoms with Crippen LogP contribution in [0.2, 0.25) is 0 Å². The Morgan fingerprint density at radius 3 is 2.51 bits per heavy atom. The van der Waals surface area contributed by atoms with Crippen molar-refractivity contribution in [3.05, 3.63) is 96.6 Å². The topological polar surface area (TPSA) is 102 Å². The Morgan fingerprint density at radius 1 is 0.949 bits per heavy atom. The molecule has 0 fully saturated rings. The van der Waals surface area contributed by atoms with Crippen molar-refractivity contribution < 1.29 is 13.2 Å². The van der Waals surface area contributed by atoms with Crippen LogP contribution in [0.3, 0.4) is 0 Å². The zero-order chi connectivity index (χ0) is 27.4. The summed E-state index contributed by atoms with van der Waals surface area (Å²) in [7, 11) is 1.82. The highest BCUT2D eigenvalue weighted by Gasteiger charge is 2.20. The molecule has 5 aromatic rings. The fourth-order valence-corrected chi connectivity index (χ4v) is 5.49. The van der Waals surface area contributed by atoms with Gasteiger partial charge in [-0.15, -0.1) is 0 Å². The number of pyridine rings is 1. The van der Waals surface area contributed by atoms with Crippen LogP contribution in [0.25, 0.3) is 28.0 Å². The quantitative estimate of drug-likeness (QED) is 0.286. The van der Waals surface area contributed by atoms with Gasteiger partial charge in [0.15, 0.2) is 5.65 Å². The van der Waals surface area contributed by atoms with E-state index in [-0.39, 0.29) is 4.90 Å². The van der Waals surface area contributed by atoms with E-state index in [2.05, 4.69) is 9.71 Å². The van der Waals surface area contributed by atoms with Crippen LogP contribution >= 0.6 is 0 Å². The van der Waals surface area contributed by atoms with Gasteiger partial charge in [0.05, 0.1) is 23.3 Å². The molecule has 0 spiro atoms. The first kappa shape index (κ1) is 26.5. The molecule has 0 saturated heterocycles. The summed E-state index contributed by atoms with van der Waals surface area (Å²) < 4.78 is 35.7. The van der Waals surface area contributed by atoms with Crippen LogP contribution in [0.1, 0.15) is 11.3 Å². The van der Waals surface area contributed by atoms with Gasteiger partial charge in [-0.2, -0.15) is 5.10 Å². The molecule has 2 aromatic carbocycles. The lowest BCUT2D eigenvalue weighted by molar-refractivity contribution is 0.412. The Hall–Kier alpha value is -4.12. The summed E-state index contributed by atoms with van der Waals surface area (Å²) in [5.41, 5.74) is 5.91. The molecule has 0 aliphatic heterocycles. The molecule has 0 amide bonds. The molecule has 0 aliphatic rings. The van der Waals surface area contributed by atoms with Crippen molar-refractivity contribution in [3.63, 3.8) is 0 Å². The summed E-state index contributed by atoms with van der Waals surface area (Å²) in [4.78, 5) is 11.0. The van der Waals surface area contributed by atoms with Gasteiger partial charge >= 0.3 is 0 Å². The zero-order valence-corrected chi connectivity index (χ0v) is 22.9. The number of fused-ring (bicyclic) bond motifs is 1. The largest absolute Gasteiger partial charge is 0.497 e. The summed E-state index contributed by atoms with van der Waals surface area (Å²) in [5.74, 6) is 0.737. The lowest BCUT2D eigenvalue weighted by Crippen LogP contribution is -2.31. The first-order chi connectivity index (χ1) is 18.9. The Labute approximate surface area is 228 Å². The minimum Gasteiger partial charge on any atom is -0.497 e. The maximum atomic E-state index is 12.9. The van der Waals surface area contributed by atoms with E-state index in [1.54, 1.807) is 43.9 Å². The number of methoxy groups -OCH3 is 1. The third kappa shape index (κ3) is 5.83. The maximum Gasteiger partial charge on any atom is 0.240 e. The molecule has 0 unspecified atom stereocenters. The van der Waals surface area contributed by atoms with Gasteiger partial charge in [-0.1, -0.05) is 24.3 Å². The molecule has 3 aromatic heterocycles. The van der Waals surface area contributed by atoms with Crippen LogP contribution in [0.15, 0.2) is 90.2 Å². The standard InChI is InChI=1S/C29H30N6O3S/c1-34(2)17-16-32-39(36,37)26-9-4-6-21(19-26)18-24-12-15-31-29-27(23-7-5-8-25(20-23)38-3)28(33-35(24)29)22-10-13-30-14-11-22/h4-15,19-20,32H,16-18H2,1-3H3. The molecule has 10 heteroatoms. The predicted octanol–water partition coefficient (Wildman–Crippen LogP) is 3.90. The van der Waals surface area contributed by atoms with Crippen LogP contribution in [0.4, 0.5) is 0 Å². The molecule has 0 bridgehead atoms. The van der Waals surface area contributed by atoms with Gasteiger partial charge in [0, 0.05) is 43.7 Å². The summed E-state index contributed by atoms with van der Waals surface area (Å²) in [6.07, 6.45) is 5.70. The number of rotatable bonds is 10. The van der Waals surface area contributed by atoms with E-state index in [0.717, 1.165) is 39.4 Å². The first-order valence-electron chi connectivity index (χ1n) is 12.5. The third-order valence-corrected chi connectivity index (χ3v) is 7.81. The normalized spacial score (nSPS) is 11.8. The molecule has 39 heavy (non-hydrogen) atoms. The Balaban J connectivity index is 1.56. The second kappa shape index (κ2) is 11.3. The molecule has 3 heterocycles. The minimum absolute atomic E-state index is 0.235. The molecule has 0 saturated carbocycles. The van der Waals surface area contributed by atoms with Crippen molar-refractivity contribution in [1.82, 2.24) is 29.2 Å². The van der Waals surface area contributed by atoms with E-state index >= 15 is 0 Å². The smallest absolute Gasteiger partial charge is 0.240 e. The number of ether oxygens (including phenoxy) is 1. The van der Waals surface area contributed by atoms with E-state index in [0.29, 0.717) is 25.2 Å². The second-order valence-corrected chi connectivity index (χ2v) is 11.2. The molecule has 1 N–H and O–H groups in total. The van der Waals surface area contributed by atoms with E-state index in [1.807, 2.05) is 72.0 Å². The van der Waals surface area contributed by atoms with Gasteiger partial charge in [0.25, 0.3) is 0 Å². The number of hydrogen-bond acceptors (Lipinski definition) is 7. The van der Waals surface area contributed by atoms with Crippen molar-refractivity contribution in [2.45, 2.75) is 11.3 Å². The Kier molecular flexibility index (Phi) is 7.69. The Bertz CT molecular complexity index is 1700. The van der Waals surface area contributed by atoms with E-state index in [1.165, 1.54) is 0 Å². The summed E-state index contributed by atoms with van der Waals surface area (Å²) in [6.45, 7) is 0.950.